The predicted molar refractivity (Wildman–Crippen MR) is 169 cm³/mol. The largest absolute Gasteiger partial charge is 0.328 e. The van der Waals surface area contributed by atoms with Crippen LogP contribution in [0.4, 0.5) is 5.82 Å². The van der Waals surface area contributed by atoms with E-state index in [0.29, 0.717) is 42.7 Å². The molecule has 10 heteroatoms. The van der Waals surface area contributed by atoms with Crippen LogP contribution in [0.2, 0.25) is 0 Å². The molecule has 4 heterocycles. The first-order chi connectivity index (χ1) is 21.1. The second-order valence-electron chi connectivity index (χ2n) is 12.2. The van der Waals surface area contributed by atoms with Gasteiger partial charge in [0.05, 0.1) is 18.4 Å². The van der Waals surface area contributed by atoms with Gasteiger partial charge in [-0.2, -0.15) is 9.40 Å². The highest BCUT2D eigenvalue weighted by Crippen LogP contribution is 2.33. The van der Waals surface area contributed by atoms with Gasteiger partial charge >= 0.3 is 0 Å². The summed E-state index contributed by atoms with van der Waals surface area (Å²) in [4.78, 5) is 4.71. The van der Waals surface area contributed by atoms with Crippen LogP contribution in [-0.4, -0.2) is 79.3 Å². The zero-order chi connectivity index (χ0) is 31.0. The van der Waals surface area contributed by atoms with E-state index in [1.165, 1.54) is 5.56 Å². The summed E-state index contributed by atoms with van der Waals surface area (Å²) >= 11 is 0. The predicted octanol–water partition coefficient (Wildman–Crippen LogP) is 3.62. The lowest BCUT2D eigenvalue weighted by Gasteiger charge is -2.34. The first kappa shape index (κ1) is 26.8. The Morgan fingerprint density at radius 1 is 1.10 bits per heavy atom. The zero-order valence-electron chi connectivity index (χ0n) is 26.7. The molecule has 2 aromatic carbocycles. The minimum atomic E-state index is -3.49. The molecule has 3 aliphatic rings. The first-order valence-electron chi connectivity index (χ1n) is 16.3. The lowest BCUT2D eigenvalue weighted by molar-refractivity contribution is 0.187. The van der Waals surface area contributed by atoms with Crippen molar-refractivity contribution in [3.63, 3.8) is 0 Å². The van der Waals surface area contributed by atoms with Crippen LogP contribution in [0.15, 0.2) is 59.6 Å². The number of rotatable bonds is 8. The minimum Gasteiger partial charge on any atom is -0.328 e. The van der Waals surface area contributed by atoms with E-state index < -0.39 is 23.2 Å². The normalized spacial score (nSPS) is 25.1. The quantitative estimate of drug-likeness (QED) is 0.412. The Balaban J connectivity index is 1.04. The van der Waals surface area contributed by atoms with Crippen LogP contribution in [0.3, 0.4) is 0 Å². The second-order valence-corrected chi connectivity index (χ2v) is 14.1. The molecule has 226 valence electrons. The molecule has 0 bridgehead atoms. The van der Waals surface area contributed by atoms with E-state index in [2.05, 4.69) is 35.3 Å². The fraction of sp³-hybridized carbons (Fsp3) is 0.531. The summed E-state index contributed by atoms with van der Waals surface area (Å²) in [7, 11) is -1.54. The molecule has 9 nitrogen and oxygen atoms in total. The Bertz CT molecular complexity index is 1600. The van der Waals surface area contributed by atoms with Crippen molar-refractivity contribution >= 4 is 26.7 Å². The Kier molecular flexibility index (Phi) is 7.96. The topological polar surface area (TPSA) is 99.7 Å². The van der Waals surface area contributed by atoms with Gasteiger partial charge in [-0.1, -0.05) is 31.2 Å². The minimum absolute atomic E-state index is 0.0913. The SMILES string of the molecule is [2H]C1C=CN(c2nn(C)c3cc(C4CCN(CC(C)Cc5cccc(S(=O)(=O)N6CCC(N)CC6)c5)CC4)ccc23)C([2H])N1. The number of aromatic nitrogens is 2. The van der Waals surface area contributed by atoms with Crippen molar-refractivity contribution in [2.75, 3.05) is 50.8 Å². The number of anilines is 1. The monoisotopic (exact) mass is 593 g/mol. The molecule has 1 aromatic heterocycles. The number of fused-ring (bicyclic) bond motifs is 1. The molecule has 3 aromatic rings. The van der Waals surface area contributed by atoms with Gasteiger partial charge in [-0.15, -0.1) is 0 Å². The number of sulfonamides is 1. The summed E-state index contributed by atoms with van der Waals surface area (Å²) in [5, 5.41) is 8.63. The maximum Gasteiger partial charge on any atom is 0.243 e. The number of aryl methyl sites for hydroxylation is 1. The molecule has 42 heavy (non-hydrogen) atoms. The van der Waals surface area contributed by atoms with E-state index in [1.807, 2.05) is 29.9 Å². The average Bonchev–Trinajstić information content (AvgIpc) is 3.33. The molecule has 0 spiro atoms. The third-order valence-electron chi connectivity index (χ3n) is 9.00. The summed E-state index contributed by atoms with van der Waals surface area (Å²) in [6.07, 6.45) is 7.95. The lowest BCUT2D eigenvalue weighted by Crippen LogP contribution is -2.42. The van der Waals surface area contributed by atoms with E-state index in [0.717, 1.165) is 61.2 Å². The van der Waals surface area contributed by atoms with Gasteiger partial charge < -0.3 is 15.5 Å². The summed E-state index contributed by atoms with van der Waals surface area (Å²) in [5.41, 5.74) is 9.43. The molecule has 3 N–H and O–H groups in total. The number of likely N-dealkylation sites (tertiary alicyclic amines) is 1. The molecule has 0 saturated carbocycles. The highest BCUT2D eigenvalue weighted by Gasteiger charge is 2.29. The number of nitrogens with zero attached hydrogens (tertiary/aromatic N) is 5. The maximum absolute atomic E-state index is 13.2. The van der Waals surface area contributed by atoms with Crippen LogP contribution in [0.5, 0.6) is 0 Å². The summed E-state index contributed by atoms with van der Waals surface area (Å²) in [6, 6.07) is 14.2. The van der Waals surface area contributed by atoms with Gasteiger partial charge in [-0.05, 0) is 92.4 Å². The fourth-order valence-corrected chi connectivity index (χ4v) is 8.18. The van der Waals surface area contributed by atoms with Gasteiger partial charge in [0, 0.05) is 52.2 Å². The lowest BCUT2D eigenvalue weighted by atomic mass is 9.88. The fourth-order valence-electron chi connectivity index (χ4n) is 6.64. The van der Waals surface area contributed by atoms with E-state index in [-0.39, 0.29) is 6.04 Å². The highest BCUT2D eigenvalue weighted by atomic mass is 32.2. The van der Waals surface area contributed by atoms with E-state index in [4.69, 9.17) is 13.6 Å². The van der Waals surface area contributed by atoms with Gasteiger partial charge in [-0.3, -0.25) is 10.00 Å². The van der Waals surface area contributed by atoms with Crippen LogP contribution >= 0.6 is 0 Å². The Morgan fingerprint density at radius 3 is 2.64 bits per heavy atom. The Hall–Kier alpha value is -2.76. The molecule has 6 rings (SSSR count). The van der Waals surface area contributed by atoms with E-state index in [9.17, 15) is 8.42 Å². The molecular weight excluding hydrogens is 546 g/mol. The molecular formula is C32H45N7O2S. The van der Waals surface area contributed by atoms with E-state index >= 15 is 0 Å². The smallest absolute Gasteiger partial charge is 0.243 e. The Labute approximate surface area is 253 Å². The molecule has 3 aliphatic heterocycles. The highest BCUT2D eigenvalue weighted by molar-refractivity contribution is 7.89. The van der Waals surface area contributed by atoms with Crippen LogP contribution in [-0.2, 0) is 23.5 Å². The molecule has 0 amide bonds. The molecule has 0 aliphatic carbocycles. The van der Waals surface area contributed by atoms with Crippen LogP contribution in [0.1, 0.15) is 52.4 Å². The second kappa shape index (κ2) is 12.5. The summed E-state index contributed by atoms with van der Waals surface area (Å²) < 4.78 is 46.1. The van der Waals surface area contributed by atoms with Gasteiger partial charge in [-0.25, -0.2) is 8.42 Å². The maximum atomic E-state index is 13.2. The van der Waals surface area contributed by atoms with Gasteiger partial charge in [0.2, 0.25) is 10.0 Å². The van der Waals surface area contributed by atoms with Gasteiger partial charge in [0.25, 0.3) is 0 Å². The summed E-state index contributed by atoms with van der Waals surface area (Å²) in [6.45, 7) is 4.97. The number of benzene rings is 2. The van der Waals surface area contributed by atoms with Crippen molar-refractivity contribution in [3.05, 3.63) is 65.9 Å². The molecule has 2 saturated heterocycles. The number of nitrogens with one attached hydrogen (secondary N) is 1. The van der Waals surface area contributed by atoms with Gasteiger partial charge in [0.15, 0.2) is 5.82 Å². The summed E-state index contributed by atoms with van der Waals surface area (Å²) in [5.74, 6) is 1.62. The average molecular weight is 594 g/mol. The number of hydrogen-bond acceptors (Lipinski definition) is 7. The van der Waals surface area contributed by atoms with Crippen molar-refractivity contribution in [2.24, 2.45) is 18.7 Å². The van der Waals surface area contributed by atoms with Crippen LogP contribution in [0, 0.1) is 5.92 Å². The van der Waals surface area contributed by atoms with Crippen molar-refractivity contribution in [3.8, 4) is 0 Å². The molecule has 2 fully saturated rings. The third-order valence-corrected chi connectivity index (χ3v) is 10.9. The van der Waals surface area contributed by atoms with Crippen molar-refractivity contribution < 1.29 is 11.2 Å². The first-order valence-corrected chi connectivity index (χ1v) is 16.6. The van der Waals surface area contributed by atoms with Crippen molar-refractivity contribution in [1.29, 1.82) is 0 Å². The number of piperidine rings is 2. The number of nitrogens with two attached hydrogens (primary N) is 1. The molecule has 3 atom stereocenters. The molecule has 3 unspecified atom stereocenters. The number of hydrogen-bond donors (Lipinski definition) is 2. The van der Waals surface area contributed by atoms with Crippen LogP contribution in [0.25, 0.3) is 10.9 Å². The van der Waals surface area contributed by atoms with Crippen LogP contribution < -0.4 is 16.0 Å². The molecule has 0 radical (unpaired) electrons. The zero-order valence-corrected chi connectivity index (χ0v) is 25.5. The Morgan fingerprint density at radius 2 is 1.88 bits per heavy atom. The van der Waals surface area contributed by atoms with Crippen molar-refractivity contribution in [2.45, 2.75) is 55.9 Å². The third kappa shape index (κ3) is 6.28. The van der Waals surface area contributed by atoms with E-state index in [1.54, 1.807) is 27.5 Å². The van der Waals surface area contributed by atoms with Gasteiger partial charge in [0.1, 0.15) is 0 Å². The standard InChI is InChI=1S/C32H45N7O2S/c1-24(19-25-5-3-6-29(20-25)42(40,41)39-17-11-28(33)12-18-39)22-37-15-9-26(10-16-37)27-7-8-30-31(21-27)36(2)35-32(30)38-14-4-13-34-23-38/h3-8,14,20-21,24,26,28,34H,9-13,15-19,22-23,33H2,1-2H3/i13D,23D. The van der Waals surface area contributed by atoms with Crippen molar-refractivity contribution in [1.82, 2.24) is 24.3 Å².